The van der Waals surface area contributed by atoms with Gasteiger partial charge in [-0.2, -0.15) is 13.2 Å². The third-order valence-corrected chi connectivity index (χ3v) is 4.49. The van der Waals surface area contributed by atoms with Crippen LogP contribution in [0.1, 0.15) is 35.6 Å². The molecule has 1 aliphatic rings. The Hall–Kier alpha value is -2.28. The second kappa shape index (κ2) is 7.95. The van der Waals surface area contributed by atoms with E-state index in [1.165, 1.54) is 13.2 Å². The maximum Gasteiger partial charge on any atom is 0.416 e. The number of benzene rings is 1. The van der Waals surface area contributed by atoms with Crippen LogP contribution in [0, 0.1) is 0 Å². The van der Waals surface area contributed by atoms with E-state index in [0.717, 1.165) is 43.8 Å². The Balaban J connectivity index is 1.71. The van der Waals surface area contributed by atoms with Gasteiger partial charge in [-0.3, -0.25) is 0 Å². The molecule has 2 aromatic rings. The molecule has 1 fully saturated rings. The van der Waals surface area contributed by atoms with Gasteiger partial charge in [-0.05, 0) is 44.1 Å². The average molecular weight is 366 g/mol. The molecule has 0 spiro atoms. The summed E-state index contributed by atoms with van der Waals surface area (Å²) in [5.74, 6) is 1.01. The van der Waals surface area contributed by atoms with Gasteiger partial charge in [0.25, 0.3) is 0 Å². The molecule has 1 aliphatic heterocycles. The summed E-state index contributed by atoms with van der Waals surface area (Å²) in [6.07, 6.45) is -2.34. The lowest BCUT2D eigenvalue weighted by Gasteiger charge is -2.22. The minimum Gasteiger partial charge on any atom is -0.496 e. The van der Waals surface area contributed by atoms with Gasteiger partial charge in [-0.15, -0.1) is 0 Å². The fourth-order valence-corrected chi connectivity index (χ4v) is 3.05. The number of nitrogens with one attached hydrogen (secondary N) is 1. The van der Waals surface area contributed by atoms with Gasteiger partial charge in [-0.25, -0.2) is 4.98 Å². The number of pyridine rings is 1. The van der Waals surface area contributed by atoms with Gasteiger partial charge in [0, 0.05) is 23.2 Å². The quantitative estimate of drug-likeness (QED) is 0.863. The van der Waals surface area contributed by atoms with Crippen LogP contribution in [0.5, 0.6) is 11.6 Å². The summed E-state index contributed by atoms with van der Waals surface area (Å²) in [7, 11) is 1.34. The summed E-state index contributed by atoms with van der Waals surface area (Å²) in [5, 5.41) is 3.32. The number of rotatable bonds is 5. The molecule has 3 rings (SSSR count). The van der Waals surface area contributed by atoms with Gasteiger partial charge in [0.05, 0.1) is 12.7 Å². The second-order valence-electron chi connectivity index (χ2n) is 6.24. The van der Waals surface area contributed by atoms with Crippen molar-refractivity contribution < 1.29 is 22.6 Å². The maximum absolute atomic E-state index is 12.8. The molecular weight excluding hydrogens is 345 g/mol. The number of aromatic nitrogens is 1. The van der Waals surface area contributed by atoms with E-state index in [1.54, 1.807) is 6.07 Å². The monoisotopic (exact) mass is 366 g/mol. The minimum atomic E-state index is -4.41. The Morgan fingerprint density at radius 2 is 1.92 bits per heavy atom. The van der Waals surface area contributed by atoms with Gasteiger partial charge in [-0.1, -0.05) is 12.1 Å². The van der Waals surface area contributed by atoms with Crippen molar-refractivity contribution in [3.8, 4) is 11.6 Å². The van der Waals surface area contributed by atoms with Gasteiger partial charge in [0.1, 0.15) is 12.4 Å². The zero-order chi connectivity index (χ0) is 18.6. The Kier molecular flexibility index (Phi) is 5.66. The highest BCUT2D eigenvalue weighted by molar-refractivity contribution is 5.38. The average Bonchev–Trinajstić information content (AvgIpc) is 2.66. The van der Waals surface area contributed by atoms with Crippen molar-refractivity contribution >= 4 is 0 Å². The van der Waals surface area contributed by atoms with Crippen molar-refractivity contribution in [2.24, 2.45) is 0 Å². The van der Waals surface area contributed by atoms with Gasteiger partial charge < -0.3 is 14.8 Å². The summed E-state index contributed by atoms with van der Waals surface area (Å²) in [6, 6.07) is 9.02. The lowest BCUT2D eigenvalue weighted by atomic mass is 9.94. The molecule has 1 saturated heterocycles. The standard InChI is InChI=1S/C19H21F3N2O2/c1-25-17-11-15(19(20,21)22)6-5-14(17)12-26-18-4-2-3-16(24-18)13-7-9-23-10-8-13/h2-6,11,13,23H,7-10,12H2,1H3. The molecular formula is C19H21F3N2O2. The van der Waals surface area contributed by atoms with Crippen LogP contribution in [0.25, 0.3) is 0 Å². The van der Waals surface area contributed by atoms with E-state index in [2.05, 4.69) is 10.3 Å². The molecule has 1 aromatic heterocycles. The number of piperidine rings is 1. The Bertz CT molecular complexity index is 744. The molecule has 4 nitrogen and oxygen atoms in total. The van der Waals surface area contributed by atoms with Crippen molar-refractivity contribution in [3.63, 3.8) is 0 Å². The lowest BCUT2D eigenvalue weighted by Crippen LogP contribution is -2.27. The van der Waals surface area contributed by atoms with Gasteiger partial charge >= 0.3 is 6.18 Å². The summed E-state index contributed by atoms with van der Waals surface area (Å²) >= 11 is 0. The molecule has 0 saturated carbocycles. The topological polar surface area (TPSA) is 43.4 Å². The first-order valence-corrected chi connectivity index (χ1v) is 8.52. The summed E-state index contributed by atoms with van der Waals surface area (Å²) < 4.78 is 49.2. The summed E-state index contributed by atoms with van der Waals surface area (Å²) in [6.45, 7) is 2.03. The van der Waals surface area contributed by atoms with Gasteiger partial charge in [0.2, 0.25) is 5.88 Å². The van der Waals surface area contributed by atoms with E-state index in [9.17, 15) is 13.2 Å². The van der Waals surface area contributed by atoms with Crippen molar-refractivity contribution in [3.05, 3.63) is 53.2 Å². The highest BCUT2D eigenvalue weighted by Crippen LogP contribution is 2.33. The van der Waals surface area contributed by atoms with E-state index in [1.807, 2.05) is 12.1 Å². The van der Waals surface area contributed by atoms with E-state index in [-0.39, 0.29) is 12.4 Å². The fraction of sp³-hybridized carbons (Fsp3) is 0.421. The van der Waals surface area contributed by atoms with Crippen LogP contribution in [0.4, 0.5) is 13.2 Å². The third kappa shape index (κ3) is 4.46. The predicted octanol–water partition coefficient (Wildman–Crippen LogP) is 4.16. The van der Waals surface area contributed by atoms with E-state index in [4.69, 9.17) is 9.47 Å². The molecule has 2 heterocycles. The van der Waals surface area contributed by atoms with Crippen molar-refractivity contribution in [2.45, 2.75) is 31.5 Å². The number of halogens is 3. The summed E-state index contributed by atoms with van der Waals surface area (Å²) in [4.78, 5) is 4.55. The number of nitrogens with zero attached hydrogens (tertiary/aromatic N) is 1. The second-order valence-corrected chi connectivity index (χ2v) is 6.24. The van der Waals surface area contributed by atoms with Crippen molar-refractivity contribution in [2.75, 3.05) is 20.2 Å². The van der Waals surface area contributed by atoms with Crippen molar-refractivity contribution in [1.29, 1.82) is 0 Å². The molecule has 0 radical (unpaired) electrons. The molecule has 1 aromatic carbocycles. The Morgan fingerprint density at radius 1 is 1.15 bits per heavy atom. The van der Waals surface area contributed by atoms with Crippen LogP contribution < -0.4 is 14.8 Å². The van der Waals surface area contributed by atoms with E-state index in [0.29, 0.717) is 17.4 Å². The molecule has 0 amide bonds. The highest BCUT2D eigenvalue weighted by Gasteiger charge is 2.31. The number of hydrogen-bond acceptors (Lipinski definition) is 4. The number of alkyl halides is 3. The largest absolute Gasteiger partial charge is 0.496 e. The molecule has 1 N–H and O–H groups in total. The van der Waals surface area contributed by atoms with Crippen LogP contribution in [0.15, 0.2) is 36.4 Å². The van der Waals surface area contributed by atoms with Crippen LogP contribution in [0.3, 0.4) is 0 Å². The zero-order valence-electron chi connectivity index (χ0n) is 14.5. The van der Waals surface area contributed by atoms with Crippen LogP contribution >= 0.6 is 0 Å². The first kappa shape index (κ1) is 18.5. The van der Waals surface area contributed by atoms with Crippen molar-refractivity contribution in [1.82, 2.24) is 10.3 Å². The van der Waals surface area contributed by atoms with Crippen LogP contribution in [0.2, 0.25) is 0 Å². The maximum atomic E-state index is 12.8. The first-order valence-electron chi connectivity index (χ1n) is 8.52. The molecule has 0 bridgehead atoms. The lowest BCUT2D eigenvalue weighted by molar-refractivity contribution is -0.137. The van der Waals surface area contributed by atoms with E-state index < -0.39 is 11.7 Å². The van der Waals surface area contributed by atoms with E-state index >= 15 is 0 Å². The third-order valence-electron chi connectivity index (χ3n) is 4.49. The van der Waals surface area contributed by atoms with Crippen LogP contribution in [-0.4, -0.2) is 25.2 Å². The highest BCUT2D eigenvalue weighted by atomic mass is 19.4. The summed E-state index contributed by atoms with van der Waals surface area (Å²) in [5.41, 5.74) is 0.780. The zero-order valence-corrected chi connectivity index (χ0v) is 14.5. The first-order chi connectivity index (χ1) is 12.5. The fourth-order valence-electron chi connectivity index (χ4n) is 3.05. The molecule has 140 valence electrons. The Morgan fingerprint density at radius 3 is 2.62 bits per heavy atom. The number of ether oxygens (including phenoxy) is 2. The smallest absolute Gasteiger partial charge is 0.416 e. The molecule has 26 heavy (non-hydrogen) atoms. The minimum absolute atomic E-state index is 0.0873. The number of methoxy groups -OCH3 is 1. The SMILES string of the molecule is COc1cc(C(F)(F)F)ccc1COc1cccc(C2CCNCC2)n1. The molecule has 0 unspecified atom stereocenters. The Labute approximate surface area is 150 Å². The van der Waals surface area contributed by atoms with Crippen LogP contribution in [-0.2, 0) is 12.8 Å². The molecule has 0 aliphatic carbocycles. The van der Waals surface area contributed by atoms with Gasteiger partial charge in [0.15, 0.2) is 0 Å². The predicted molar refractivity (Wildman–Crippen MR) is 91.4 cm³/mol. The molecule has 7 heteroatoms. The number of hydrogen-bond donors (Lipinski definition) is 1. The molecule has 0 atom stereocenters. The normalized spacial score (nSPS) is 15.7.